The number of hydrogen-bond acceptors (Lipinski definition) is 3. The summed E-state index contributed by atoms with van der Waals surface area (Å²) >= 11 is 0. The minimum absolute atomic E-state index is 0.0278. The van der Waals surface area contributed by atoms with Gasteiger partial charge in [0.15, 0.2) is 0 Å². The van der Waals surface area contributed by atoms with Crippen LogP contribution in [0.3, 0.4) is 0 Å². The second-order valence-corrected chi connectivity index (χ2v) is 6.26. The highest BCUT2D eigenvalue weighted by molar-refractivity contribution is 5.91. The first-order chi connectivity index (χ1) is 7.44. The number of aliphatic hydroxyl groups is 1. The van der Waals surface area contributed by atoms with E-state index >= 15 is 0 Å². The topological polar surface area (TPSA) is 49.8 Å². The van der Waals surface area contributed by atoms with Gasteiger partial charge in [0.25, 0.3) is 0 Å². The lowest BCUT2D eigenvalue weighted by atomic mass is 9.52. The van der Waals surface area contributed by atoms with Crippen LogP contribution in [0.1, 0.15) is 26.7 Å². The van der Waals surface area contributed by atoms with Gasteiger partial charge in [0.05, 0.1) is 6.61 Å². The molecular weight excluding hydrogens is 204 g/mol. The molecule has 4 aliphatic carbocycles. The second kappa shape index (κ2) is 2.16. The Bertz CT molecular complexity index is 448. The monoisotopic (exact) mass is 220 g/mol. The lowest BCUT2D eigenvalue weighted by molar-refractivity contribution is -0.134. The van der Waals surface area contributed by atoms with E-state index in [2.05, 4.69) is 13.0 Å². The van der Waals surface area contributed by atoms with Gasteiger partial charge in [-0.25, -0.2) is 0 Å². The Morgan fingerprint density at radius 3 is 2.88 bits per heavy atom. The van der Waals surface area contributed by atoms with Crippen molar-refractivity contribution in [1.29, 1.82) is 0 Å². The van der Waals surface area contributed by atoms with E-state index in [1.807, 2.05) is 6.92 Å². The van der Waals surface area contributed by atoms with Gasteiger partial charge in [-0.05, 0) is 13.3 Å². The van der Waals surface area contributed by atoms with Crippen molar-refractivity contribution >= 4 is 5.78 Å². The molecular formula is C13H16O3. The van der Waals surface area contributed by atoms with Gasteiger partial charge in [0.1, 0.15) is 17.0 Å². The highest BCUT2D eigenvalue weighted by Gasteiger charge is 2.80. The molecule has 1 aliphatic heterocycles. The lowest BCUT2D eigenvalue weighted by Gasteiger charge is -2.53. The highest BCUT2D eigenvalue weighted by atomic mass is 16.6. The van der Waals surface area contributed by atoms with Crippen LogP contribution in [-0.2, 0) is 9.53 Å². The number of hydrogen-bond donors (Lipinski definition) is 1. The predicted octanol–water partition coefficient (Wildman–Crippen LogP) is 1.06. The van der Waals surface area contributed by atoms with Crippen LogP contribution in [0.2, 0.25) is 0 Å². The van der Waals surface area contributed by atoms with E-state index in [1.165, 1.54) is 5.57 Å². The summed E-state index contributed by atoms with van der Waals surface area (Å²) in [6.07, 6.45) is 3.28. The third kappa shape index (κ3) is 0.662. The fourth-order valence-corrected chi connectivity index (χ4v) is 4.56. The number of epoxide rings is 1. The molecule has 5 unspecified atom stereocenters. The Balaban J connectivity index is 2.00. The van der Waals surface area contributed by atoms with Crippen molar-refractivity contribution in [1.82, 2.24) is 0 Å². The van der Waals surface area contributed by atoms with E-state index < -0.39 is 11.2 Å². The summed E-state index contributed by atoms with van der Waals surface area (Å²) in [5, 5.41) is 10.9. The molecule has 5 atom stereocenters. The molecule has 5 aliphatic rings. The Morgan fingerprint density at radius 2 is 2.25 bits per heavy atom. The SMILES string of the molecule is CC1=CC2C3(C)CC1C1(CO1)C2(O)CC3=O. The summed E-state index contributed by atoms with van der Waals surface area (Å²) in [4.78, 5) is 12.1. The quantitative estimate of drug-likeness (QED) is 0.490. The summed E-state index contributed by atoms with van der Waals surface area (Å²) in [5.74, 6) is 0.445. The minimum atomic E-state index is -0.915. The van der Waals surface area contributed by atoms with Gasteiger partial charge >= 0.3 is 0 Å². The summed E-state index contributed by atoms with van der Waals surface area (Å²) < 4.78 is 5.62. The van der Waals surface area contributed by atoms with E-state index in [-0.39, 0.29) is 29.5 Å². The molecule has 1 saturated heterocycles. The van der Waals surface area contributed by atoms with E-state index in [1.54, 1.807) is 0 Å². The molecule has 4 bridgehead atoms. The zero-order chi connectivity index (χ0) is 11.3. The average Bonchev–Trinajstić information content (AvgIpc) is 2.96. The van der Waals surface area contributed by atoms with Gasteiger partial charge in [-0.1, -0.05) is 18.6 Å². The molecule has 1 N–H and O–H groups in total. The third-order valence-electron chi connectivity index (χ3n) is 5.63. The number of carbonyl (C=O) groups is 1. The van der Waals surface area contributed by atoms with Gasteiger partial charge in [-0.15, -0.1) is 0 Å². The molecule has 0 aromatic heterocycles. The van der Waals surface area contributed by atoms with Crippen molar-refractivity contribution in [2.75, 3.05) is 6.61 Å². The largest absolute Gasteiger partial charge is 0.386 e. The first kappa shape index (κ1) is 9.37. The van der Waals surface area contributed by atoms with Crippen molar-refractivity contribution in [3.63, 3.8) is 0 Å². The molecule has 3 heteroatoms. The van der Waals surface area contributed by atoms with Gasteiger partial charge < -0.3 is 9.84 Å². The molecule has 0 aromatic rings. The van der Waals surface area contributed by atoms with E-state index in [9.17, 15) is 9.90 Å². The van der Waals surface area contributed by atoms with E-state index in [0.29, 0.717) is 6.61 Å². The molecule has 86 valence electrons. The van der Waals surface area contributed by atoms with Gasteiger partial charge in [0, 0.05) is 23.7 Å². The molecule has 3 nitrogen and oxygen atoms in total. The average molecular weight is 220 g/mol. The number of carbonyl (C=O) groups excluding carboxylic acids is 1. The predicted molar refractivity (Wildman–Crippen MR) is 56.7 cm³/mol. The second-order valence-electron chi connectivity index (χ2n) is 6.26. The molecule has 1 spiro atoms. The summed E-state index contributed by atoms with van der Waals surface area (Å²) in [6, 6.07) is 0. The fourth-order valence-electron chi connectivity index (χ4n) is 4.56. The standard InChI is InChI=1S/C13H16O3/c1-7-3-9-11(2)4-8(7)13(6-16-13)12(9,15)5-10(11)14/h3,8-9,15H,4-6H2,1-2H3. The van der Waals surface area contributed by atoms with Crippen LogP contribution < -0.4 is 0 Å². The zero-order valence-corrected chi connectivity index (χ0v) is 9.62. The summed E-state index contributed by atoms with van der Waals surface area (Å²) in [7, 11) is 0. The lowest BCUT2D eigenvalue weighted by Crippen LogP contribution is -2.61. The summed E-state index contributed by atoms with van der Waals surface area (Å²) in [5.41, 5.74) is -0.362. The van der Waals surface area contributed by atoms with Crippen LogP contribution in [0.25, 0.3) is 0 Å². The third-order valence-corrected chi connectivity index (χ3v) is 5.63. The fraction of sp³-hybridized carbons (Fsp3) is 0.769. The van der Waals surface area contributed by atoms with Crippen molar-refractivity contribution in [3.05, 3.63) is 11.6 Å². The number of rotatable bonds is 0. The molecule has 5 rings (SSSR count). The maximum Gasteiger partial charge on any atom is 0.142 e. The molecule has 1 heterocycles. The van der Waals surface area contributed by atoms with Gasteiger partial charge in [-0.2, -0.15) is 0 Å². The smallest absolute Gasteiger partial charge is 0.142 e. The van der Waals surface area contributed by atoms with Crippen molar-refractivity contribution in [2.24, 2.45) is 17.3 Å². The normalized spacial score (nSPS) is 61.7. The Labute approximate surface area is 94.5 Å². The van der Waals surface area contributed by atoms with E-state index in [4.69, 9.17) is 4.74 Å². The van der Waals surface area contributed by atoms with Crippen molar-refractivity contribution in [2.45, 2.75) is 37.9 Å². The summed E-state index contributed by atoms with van der Waals surface area (Å²) in [6.45, 7) is 4.75. The number of ketones is 1. The Hall–Kier alpha value is -0.670. The van der Waals surface area contributed by atoms with Crippen LogP contribution in [0, 0.1) is 17.3 Å². The zero-order valence-electron chi connectivity index (χ0n) is 9.62. The van der Waals surface area contributed by atoms with Crippen LogP contribution in [0.15, 0.2) is 11.6 Å². The minimum Gasteiger partial charge on any atom is -0.386 e. The Morgan fingerprint density at radius 1 is 1.56 bits per heavy atom. The molecule has 0 amide bonds. The van der Waals surface area contributed by atoms with Gasteiger partial charge in [-0.3, -0.25) is 4.79 Å². The first-order valence-corrected chi connectivity index (χ1v) is 6.02. The first-order valence-electron chi connectivity index (χ1n) is 6.02. The van der Waals surface area contributed by atoms with Crippen molar-refractivity contribution < 1.29 is 14.6 Å². The highest BCUT2D eigenvalue weighted by Crippen LogP contribution is 2.70. The van der Waals surface area contributed by atoms with Crippen LogP contribution in [0.4, 0.5) is 0 Å². The molecule has 3 fully saturated rings. The maximum absolute atomic E-state index is 12.1. The van der Waals surface area contributed by atoms with Crippen molar-refractivity contribution in [3.8, 4) is 0 Å². The van der Waals surface area contributed by atoms with Crippen LogP contribution >= 0.6 is 0 Å². The number of Topliss-reactive ketones (excluding diaryl/α,β-unsaturated/α-hetero) is 1. The molecule has 2 saturated carbocycles. The Kier molecular flexibility index (Phi) is 1.27. The number of ether oxygens (including phenoxy) is 1. The molecule has 16 heavy (non-hydrogen) atoms. The van der Waals surface area contributed by atoms with Gasteiger partial charge in [0.2, 0.25) is 0 Å². The molecule has 0 aromatic carbocycles. The molecule has 0 radical (unpaired) electrons. The van der Waals surface area contributed by atoms with Crippen LogP contribution in [0.5, 0.6) is 0 Å². The van der Waals surface area contributed by atoms with E-state index in [0.717, 1.165) is 6.42 Å². The maximum atomic E-state index is 12.1. The van der Waals surface area contributed by atoms with Crippen LogP contribution in [-0.4, -0.2) is 28.7 Å².